The average molecular weight is 244 g/mol. The predicted molar refractivity (Wildman–Crippen MR) is 69.0 cm³/mol. The summed E-state index contributed by atoms with van der Waals surface area (Å²) in [5, 5.41) is 8.72. The van der Waals surface area contributed by atoms with Crippen molar-refractivity contribution in [3.05, 3.63) is 47.5 Å². The quantitative estimate of drug-likeness (QED) is 0.899. The summed E-state index contributed by atoms with van der Waals surface area (Å²) in [7, 11) is 0. The minimum Gasteiger partial charge on any atom is -0.481 e. The Bertz CT molecular complexity index is 573. The molecular formula is C14H16N2O2. The summed E-state index contributed by atoms with van der Waals surface area (Å²) in [6.45, 7) is 4.13. The second-order valence-electron chi connectivity index (χ2n) is 4.38. The SMILES string of the molecule is Cc1ccc(-n2ccnc2CCC(=O)O)cc1C. The van der Waals surface area contributed by atoms with Gasteiger partial charge in [0.2, 0.25) is 0 Å². The number of carbonyl (C=O) groups is 1. The van der Waals surface area contributed by atoms with Crippen molar-refractivity contribution < 1.29 is 9.90 Å². The molecule has 4 heteroatoms. The van der Waals surface area contributed by atoms with E-state index < -0.39 is 5.97 Å². The molecular weight excluding hydrogens is 228 g/mol. The topological polar surface area (TPSA) is 55.1 Å². The molecule has 0 saturated carbocycles. The highest BCUT2D eigenvalue weighted by atomic mass is 16.4. The number of benzene rings is 1. The minimum atomic E-state index is -0.801. The maximum absolute atomic E-state index is 10.6. The Balaban J connectivity index is 2.30. The molecule has 0 unspecified atom stereocenters. The van der Waals surface area contributed by atoms with Gasteiger partial charge in [-0.25, -0.2) is 4.98 Å². The summed E-state index contributed by atoms with van der Waals surface area (Å²) < 4.78 is 1.94. The van der Waals surface area contributed by atoms with Gasteiger partial charge in [-0.1, -0.05) is 6.07 Å². The first-order valence-corrected chi connectivity index (χ1v) is 5.89. The van der Waals surface area contributed by atoms with Gasteiger partial charge in [-0.15, -0.1) is 0 Å². The highest BCUT2D eigenvalue weighted by Gasteiger charge is 2.07. The van der Waals surface area contributed by atoms with Gasteiger partial charge in [-0.3, -0.25) is 4.79 Å². The lowest BCUT2D eigenvalue weighted by Gasteiger charge is -2.09. The third kappa shape index (κ3) is 2.59. The van der Waals surface area contributed by atoms with Crippen LogP contribution in [0.5, 0.6) is 0 Å². The number of imidazole rings is 1. The predicted octanol–water partition coefficient (Wildman–Crippen LogP) is 2.51. The molecule has 4 nitrogen and oxygen atoms in total. The van der Waals surface area contributed by atoms with Crippen LogP contribution in [0.2, 0.25) is 0 Å². The van der Waals surface area contributed by atoms with E-state index in [9.17, 15) is 4.79 Å². The highest BCUT2D eigenvalue weighted by molar-refractivity contribution is 5.66. The maximum Gasteiger partial charge on any atom is 0.303 e. The van der Waals surface area contributed by atoms with Crippen LogP contribution in [0.1, 0.15) is 23.4 Å². The molecule has 0 saturated heterocycles. The van der Waals surface area contributed by atoms with E-state index >= 15 is 0 Å². The molecule has 1 heterocycles. The van der Waals surface area contributed by atoms with Crippen LogP contribution in [0.25, 0.3) is 5.69 Å². The molecule has 0 fully saturated rings. The zero-order chi connectivity index (χ0) is 13.1. The molecule has 94 valence electrons. The number of carboxylic acids is 1. The van der Waals surface area contributed by atoms with E-state index in [1.807, 2.05) is 16.8 Å². The Morgan fingerprint density at radius 2 is 2.11 bits per heavy atom. The Kier molecular flexibility index (Phi) is 3.46. The molecule has 18 heavy (non-hydrogen) atoms. The maximum atomic E-state index is 10.6. The molecule has 1 aromatic heterocycles. The summed E-state index contributed by atoms with van der Waals surface area (Å²) in [4.78, 5) is 14.8. The molecule has 0 aliphatic rings. The van der Waals surface area contributed by atoms with Crippen LogP contribution in [-0.2, 0) is 11.2 Å². The van der Waals surface area contributed by atoms with Crippen molar-refractivity contribution >= 4 is 5.97 Å². The molecule has 0 spiro atoms. The lowest BCUT2D eigenvalue weighted by Crippen LogP contribution is -2.05. The van der Waals surface area contributed by atoms with Crippen LogP contribution >= 0.6 is 0 Å². The minimum absolute atomic E-state index is 0.0991. The van der Waals surface area contributed by atoms with Gasteiger partial charge in [-0.2, -0.15) is 0 Å². The summed E-state index contributed by atoms with van der Waals surface area (Å²) in [5.74, 6) is -0.0229. The second kappa shape index (κ2) is 5.04. The number of hydrogen-bond donors (Lipinski definition) is 1. The van der Waals surface area contributed by atoms with E-state index in [1.54, 1.807) is 6.20 Å². The lowest BCUT2D eigenvalue weighted by atomic mass is 10.1. The standard InChI is InChI=1S/C14H16N2O2/c1-10-3-4-12(9-11(10)2)16-8-7-15-13(16)5-6-14(17)18/h3-4,7-9H,5-6H2,1-2H3,(H,17,18). The second-order valence-corrected chi connectivity index (χ2v) is 4.38. The monoisotopic (exact) mass is 244 g/mol. The number of nitrogens with zero attached hydrogens (tertiary/aromatic N) is 2. The van der Waals surface area contributed by atoms with Gasteiger partial charge in [0.05, 0.1) is 6.42 Å². The van der Waals surface area contributed by atoms with Gasteiger partial charge in [0, 0.05) is 24.5 Å². The van der Waals surface area contributed by atoms with Gasteiger partial charge in [0.25, 0.3) is 0 Å². The summed E-state index contributed by atoms with van der Waals surface area (Å²) in [5.41, 5.74) is 3.48. The van der Waals surface area contributed by atoms with Crippen LogP contribution < -0.4 is 0 Å². The van der Waals surface area contributed by atoms with E-state index in [0.717, 1.165) is 11.5 Å². The van der Waals surface area contributed by atoms with Crippen molar-refractivity contribution in [3.63, 3.8) is 0 Å². The lowest BCUT2D eigenvalue weighted by molar-refractivity contribution is -0.137. The zero-order valence-electron chi connectivity index (χ0n) is 10.6. The van der Waals surface area contributed by atoms with E-state index in [4.69, 9.17) is 5.11 Å². The van der Waals surface area contributed by atoms with Crippen molar-refractivity contribution in [2.45, 2.75) is 26.7 Å². The van der Waals surface area contributed by atoms with Gasteiger partial charge in [0.15, 0.2) is 0 Å². The van der Waals surface area contributed by atoms with Crippen molar-refractivity contribution in [3.8, 4) is 5.69 Å². The Labute approximate surface area is 106 Å². The molecule has 0 aliphatic heterocycles. The smallest absolute Gasteiger partial charge is 0.303 e. The Morgan fingerprint density at radius 1 is 1.33 bits per heavy atom. The van der Waals surface area contributed by atoms with Crippen molar-refractivity contribution in [2.24, 2.45) is 0 Å². The summed E-state index contributed by atoms with van der Waals surface area (Å²) in [6, 6.07) is 6.17. The number of rotatable bonds is 4. The third-order valence-corrected chi connectivity index (χ3v) is 3.05. The van der Waals surface area contributed by atoms with Gasteiger partial charge in [-0.05, 0) is 37.1 Å². The highest BCUT2D eigenvalue weighted by Crippen LogP contribution is 2.16. The Hall–Kier alpha value is -2.10. The molecule has 0 bridgehead atoms. The van der Waals surface area contributed by atoms with Crippen molar-refractivity contribution in [2.75, 3.05) is 0 Å². The van der Waals surface area contributed by atoms with E-state index in [0.29, 0.717) is 6.42 Å². The molecule has 0 radical (unpaired) electrons. The number of aliphatic carboxylic acids is 1. The van der Waals surface area contributed by atoms with E-state index in [-0.39, 0.29) is 6.42 Å². The van der Waals surface area contributed by atoms with Crippen LogP contribution in [0.4, 0.5) is 0 Å². The Morgan fingerprint density at radius 3 is 2.78 bits per heavy atom. The largest absolute Gasteiger partial charge is 0.481 e. The van der Waals surface area contributed by atoms with Crippen LogP contribution in [-0.4, -0.2) is 20.6 Å². The van der Waals surface area contributed by atoms with Crippen LogP contribution in [0.15, 0.2) is 30.6 Å². The fourth-order valence-corrected chi connectivity index (χ4v) is 1.85. The first kappa shape index (κ1) is 12.4. The van der Waals surface area contributed by atoms with Gasteiger partial charge < -0.3 is 9.67 Å². The van der Waals surface area contributed by atoms with Gasteiger partial charge >= 0.3 is 5.97 Å². The molecule has 2 rings (SSSR count). The molecule has 2 aromatic rings. The molecule has 0 atom stereocenters. The van der Waals surface area contributed by atoms with E-state index in [2.05, 4.69) is 31.0 Å². The first-order valence-electron chi connectivity index (χ1n) is 5.89. The third-order valence-electron chi connectivity index (χ3n) is 3.05. The van der Waals surface area contributed by atoms with Crippen molar-refractivity contribution in [1.29, 1.82) is 0 Å². The van der Waals surface area contributed by atoms with Crippen LogP contribution in [0, 0.1) is 13.8 Å². The average Bonchev–Trinajstić information content (AvgIpc) is 2.78. The number of aryl methyl sites for hydroxylation is 3. The number of hydrogen-bond acceptors (Lipinski definition) is 2. The molecule has 1 N–H and O–H groups in total. The number of carboxylic acid groups (broad SMARTS) is 1. The molecule has 0 amide bonds. The zero-order valence-corrected chi connectivity index (χ0v) is 10.6. The summed E-state index contributed by atoms with van der Waals surface area (Å²) >= 11 is 0. The van der Waals surface area contributed by atoms with Crippen molar-refractivity contribution in [1.82, 2.24) is 9.55 Å². The normalized spacial score (nSPS) is 10.6. The fourth-order valence-electron chi connectivity index (χ4n) is 1.85. The molecule has 1 aromatic carbocycles. The van der Waals surface area contributed by atoms with E-state index in [1.165, 1.54) is 11.1 Å². The van der Waals surface area contributed by atoms with Gasteiger partial charge in [0.1, 0.15) is 5.82 Å². The summed E-state index contributed by atoms with van der Waals surface area (Å²) in [6.07, 6.45) is 4.10. The van der Waals surface area contributed by atoms with Crippen LogP contribution in [0.3, 0.4) is 0 Å². The molecule has 0 aliphatic carbocycles. The fraction of sp³-hybridized carbons (Fsp3) is 0.286. The number of aromatic nitrogens is 2. The first-order chi connectivity index (χ1) is 8.58.